The second kappa shape index (κ2) is 6.79. The van der Waals surface area contributed by atoms with Crippen LogP contribution in [0.25, 0.3) is 0 Å². The molecule has 0 aliphatic carbocycles. The molecule has 4 heterocycles. The number of carbonyl (C=O) groups excluding carboxylic acids is 2. The third-order valence-corrected chi connectivity index (χ3v) is 6.35. The van der Waals surface area contributed by atoms with Gasteiger partial charge in [-0.05, 0) is 43.5 Å². The van der Waals surface area contributed by atoms with E-state index in [0.29, 0.717) is 30.8 Å². The van der Waals surface area contributed by atoms with E-state index in [1.165, 1.54) is 0 Å². The molecule has 0 saturated carbocycles. The van der Waals surface area contributed by atoms with Gasteiger partial charge in [-0.25, -0.2) is 0 Å². The highest BCUT2D eigenvalue weighted by Gasteiger charge is 2.59. The number of benzene rings is 1. The number of nitrogens with one attached hydrogen (secondary N) is 1. The number of anilines is 1. The van der Waals surface area contributed by atoms with Gasteiger partial charge in [0.05, 0.1) is 17.3 Å². The van der Waals surface area contributed by atoms with Gasteiger partial charge in [-0.3, -0.25) is 19.3 Å². The fourth-order valence-corrected chi connectivity index (χ4v) is 4.95. The Morgan fingerprint density at radius 1 is 1.27 bits per heavy atom. The van der Waals surface area contributed by atoms with Gasteiger partial charge < -0.3 is 10.2 Å². The van der Waals surface area contributed by atoms with Crippen LogP contribution in [-0.4, -0.2) is 38.0 Å². The smallest absolute Gasteiger partial charge is 0.257 e. The zero-order valence-corrected chi connectivity index (χ0v) is 17.0. The van der Waals surface area contributed by atoms with Crippen molar-refractivity contribution in [3.8, 4) is 0 Å². The Hall–Kier alpha value is -3.48. The minimum Gasteiger partial charge on any atom is -0.330 e. The highest BCUT2D eigenvalue weighted by atomic mass is 16.2. The summed E-state index contributed by atoms with van der Waals surface area (Å²) in [5.41, 5.74) is 3.07. The molecule has 5 rings (SSSR count). The number of aromatic nitrogens is 3. The van der Waals surface area contributed by atoms with Gasteiger partial charge >= 0.3 is 0 Å². The van der Waals surface area contributed by atoms with Crippen molar-refractivity contribution >= 4 is 17.5 Å². The molecule has 1 saturated heterocycles. The van der Waals surface area contributed by atoms with Gasteiger partial charge in [0.1, 0.15) is 5.41 Å². The van der Waals surface area contributed by atoms with E-state index >= 15 is 0 Å². The average Bonchev–Trinajstić information content (AvgIpc) is 3.43. The van der Waals surface area contributed by atoms with Crippen molar-refractivity contribution in [2.24, 2.45) is 0 Å². The number of carbonyl (C=O) groups is 2. The third-order valence-electron chi connectivity index (χ3n) is 6.35. The Labute approximate surface area is 174 Å². The molecule has 0 radical (unpaired) electrons. The summed E-state index contributed by atoms with van der Waals surface area (Å²) in [6.45, 7) is 5.02. The number of rotatable bonds is 3. The molecule has 2 atom stereocenters. The van der Waals surface area contributed by atoms with Crippen LogP contribution in [-0.2, 0) is 16.8 Å². The Bertz CT molecular complexity index is 1140. The second-order valence-electron chi connectivity index (χ2n) is 7.89. The summed E-state index contributed by atoms with van der Waals surface area (Å²) >= 11 is 0. The van der Waals surface area contributed by atoms with Gasteiger partial charge in [0.25, 0.3) is 5.91 Å². The lowest BCUT2D eigenvalue weighted by Crippen LogP contribution is -2.42. The van der Waals surface area contributed by atoms with Crippen LogP contribution in [0.15, 0.2) is 55.0 Å². The van der Waals surface area contributed by atoms with E-state index < -0.39 is 11.5 Å². The normalized spacial score (nSPS) is 22.4. The fourth-order valence-electron chi connectivity index (χ4n) is 4.95. The molecule has 1 aromatic carbocycles. The number of para-hydroxylation sites is 1. The molecule has 2 aliphatic heterocycles. The van der Waals surface area contributed by atoms with Crippen molar-refractivity contribution in [2.75, 3.05) is 11.9 Å². The first kappa shape index (κ1) is 18.5. The van der Waals surface area contributed by atoms with Crippen molar-refractivity contribution in [3.63, 3.8) is 0 Å². The van der Waals surface area contributed by atoms with Crippen LogP contribution in [0.2, 0.25) is 0 Å². The minimum absolute atomic E-state index is 0.0613. The van der Waals surface area contributed by atoms with Crippen LogP contribution in [0.5, 0.6) is 0 Å². The molecule has 152 valence electrons. The number of hydrogen-bond acceptors (Lipinski definition) is 4. The largest absolute Gasteiger partial charge is 0.330 e. The molecule has 2 aromatic heterocycles. The van der Waals surface area contributed by atoms with Gasteiger partial charge in [-0.15, -0.1) is 0 Å². The van der Waals surface area contributed by atoms with E-state index in [4.69, 9.17) is 0 Å². The van der Waals surface area contributed by atoms with Crippen LogP contribution in [0, 0.1) is 6.92 Å². The summed E-state index contributed by atoms with van der Waals surface area (Å²) in [4.78, 5) is 33.1. The van der Waals surface area contributed by atoms with Crippen LogP contribution < -0.4 is 5.32 Å². The maximum atomic E-state index is 13.7. The first-order valence-corrected chi connectivity index (χ1v) is 10.2. The molecule has 0 bridgehead atoms. The molecular formula is C23H23N5O2. The number of pyridine rings is 1. The first-order valence-electron chi connectivity index (χ1n) is 10.2. The number of hydrogen-bond donors (Lipinski definition) is 1. The summed E-state index contributed by atoms with van der Waals surface area (Å²) in [5, 5.41) is 7.48. The van der Waals surface area contributed by atoms with Crippen LogP contribution in [0.4, 0.5) is 5.69 Å². The molecule has 3 aromatic rings. The maximum Gasteiger partial charge on any atom is 0.257 e. The standard InChI is InChI=1S/C23H23N5O2/c1-3-27-14-17(15(2)26-27)21(29)28-12-10-23(20(28)16-7-6-11-24-13-16)18-8-4-5-9-19(18)25-22(23)30/h4-9,11,13-14,20H,3,10,12H2,1-2H3,(H,25,30). The number of amides is 2. The molecule has 2 unspecified atom stereocenters. The van der Waals surface area contributed by atoms with Crippen molar-refractivity contribution < 1.29 is 9.59 Å². The topological polar surface area (TPSA) is 80.1 Å². The van der Waals surface area contributed by atoms with E-state index in [9.17, 15) is 9.59 Å². The lowest BCUT2D eigenvalue weighted by Gasteiger charge is -2.34. The summed E-state index contributed by atoms with van der Waals surface area (Å²) in [6, 6.07) is 11.1. The van der Waals surface area contributed by atoms with Gasteiger partial charge in [0.2, 0.25) is 5.91 Å². The lowest BCUT2D eigenvalue weighted by molar-refractivity contribution is -0.121. The molecule has 2 aliphatic rings. The maximum absolute atomic E-state index is 13.7. The Balaban J connectivity index is 1.66. The lowest BCUT2D eigenvalue weighted by atomic mass is 9.73. The summed E-state index contributed by atoms with van der Waals surface area (Å²) in [7, 11) is 0. The summed E-state index contributed by atoms with van der Waals surface area (Å²) < 4.78 is 1.77. The number of likely N-dealkylation sites (tertiary alicyclic amines) is 1. The molecule has 30 heavy (non-hydrogen) atoms. The number of fused-ring (bicyclic) bond motifs is 2. The Morgan fingerprint density at radius 3 is 2.83 bits per heavy atom. The predicted octanol–water partition coefficient (Wildman–Crippen LogP) is 3.08. The highest BCUT2D eigenvalue weighted by Crippen LogP contribution is 2.54. The van der Waals surface area contributed by atoms with Crippen LogP contribution >= 0.6 is 0 Å². The second-order valence-corrected chi connectivity index (χ2v) is 7.89. The van der Waals surface area contributed by atoms with E-state index in [0.717, 1.165) is 16.8 Å². The van der Waals surface area contributed by atoms with E-state index in [2.05, 4.69) is 15.4 Å². The fraction of sp³-hybridized carbons (Fsp3) is 0.304. The molecular weight excluding hydrogens is 378 g/mol. The summed E-state index contributed by atoms with van der Waals surface area (Å²) in [5.74, 6) is -0.163. The van der Waals surface area contributed by atoms with E-state index in [-0.39, 0.29) is 11.8 Å². The monoisotopic (exact) mass is 401 g/mol. The van der Waals surface area contributed by atoms with Crippen molar-refractivity contribution in [3.05, 3.63) is 77.4 Å². The quantitative estimate of drug-likeness (QED) is 0.731. The molecule has 7 heteroatoms. The Morgan fingerprint density at radius 2 is 2.10 bits per heavy atom. The molecule has 2 amide bonds. The SMILES string of the molecule is CCn1cc(C(=O)N2CCC3(C(=O)Nc4ccccc43)C2c2cccnc2)c(C)n1. The highest BCUT2D eigenvalue weighted by molar-refractivity contribution is 6.08. The molecule has 7 nitrogen and oxygen atoms in total. The average molecular weight is 401 g/mol. The van der Waals surface area contributed by atoms with Gasteiger partial charge in [-0.1, -0.05) is 24.3 Å². The van der Waals surface area contributed by atoms with Gasteiger partial charge in [0.15, 0.2) is 0 Å². The van der Waals surface area contributed by atoms with E-state index in [1.807, 2.05) is 55.1 Å². The number of aryl methyl sites for hydroxylation is 2. The van der Waals surface area contributed by atoms with Crippen LogP contribution in [0.1, 0.15) is 46.6 Å². The molecule has 1 spiro atoms. The first-order chi connectivity index (χ1) is 14.6. The minimum atomic E-state index is -0.829. The van der Waals surface area contributed by atoms with E-state index in [1.54, 1.807) is 23.3 Å². The number of nitrogens with zero attached hydrogens (tertiary/aromatic N) is 4. The summed E-state index contributed by atoms with van der Waals surface area (Å²) in [6.07, 6.45) is 5.82. The van der Waals surface area contributed by atoms with Crippen molar-refractivity contribution in [1.82, 2.24) is 19.7 Å². The molecule has 1 fully saturated rings. The van der Waals surface area contributed by atoms with Crippen molar-refractivity contribution in [2.45, 2.75) is 38.3 Å². The zero-order chi connectivity index (χ0) is 20.9. The zero-order valence-electron chi connectivity index (χ0n) is 17.0. The molecule has 1 N–H and O–H groups in total. The Kier molecular flexibility index (Phi) is 4.20. The van der Waals surface area contributed by atoms with Crippen molar-refractivity contribution in [1.29, 1.82) is 0 Å². The van der Waals surface area contributed by atoms with Gasteiger partial charge in [0, 0.05) is 37.4 Å². The van der Waals surface area contributed by atoms with Crippen LogP contribution in [0.3, 0.4) is 0 Å². The predicted molar refractivity (Wildman–Crippen MR) is 112 cm³/mol. The third kappa shape index (κ3) is 2.51. The van der Waals surface area contributed by atoms with Gasteiger partial charge in [-0.2, -0.15) is 5.10 Å².